The summed E-state index contributed by atoms with van der Waals surface area (Å²) in [5.74, 6) is 5.95. The average molecular weight is 219 g/mol. The molecule has 0 aromatic carbocycles. The fourth-order valence-electron chi connectivity index (χ4n) is 1.14. The van der Waals surface area contributed by atoms with Crippen molar-refractivity contribution in [2.45, 2.75) is 20.8 Å². The highest BCUT2D eigenvalue weighted by Crippen LogP contribution is 2.17. The zero-order valence-corrected chi connectivity index (χ0v) is 9.74. The quantitative estimate of drug-likeness (QED) is 0.412. The molecule has 5 heteroatoms. The van der Waals surface area contributed by atoms with Crippen LogP contribution in [0.2, 0.25) is 0 Å². The third-order valence-electron chi connectivity index (χ3n) is 2.01. The number of nitro groups is 1. The van der Waals surface area contributed by atoms with Crippen molar-refractivity contribution in [2.24, 2.45) is 7.05 Å². The molecule has 0 aliphatic carbocycles. The molecule has 1 aromatic heterocycles. The maximum Gasteiger partial charge on any atom is 0.358 e. The standard InChI is InChI=1S/C11H13N3O2/c1-8(2)6-5-7-10-11(14(15)16)13(4)9(3)12-10/h6H,1-4H3. The first-order valence-corrected chi connectivity index (χ1v) is 4.76. The van der Waals surface area contributed by atoms with Crippen molar-refractivity contribution in [2.75, 3.05) is 0 Å². The van der Waals surface area contributed by atoms with Crippen molar-refractivity contribution < 1.29 is 4.92 Å². The van der Waals surface area contributed by atoms with Gasteiger partial charge in [0, 0.05) is 6.92 Å². The molecule has 0 unspecified atom stereocenters. The average Bonchev–Trinajstić information content (AvgIpc) is 2.42. The van der Waals surface area contributed by atoms with Crippen LogP contribution in [0.15, 0.2) is 11.6 Å². The molecule has 0 N–H and O–H groups in total. The number of allylic oxidation sites excluding steroid dienone is 2. The van der Waals surface area contributed by atoms with E-state index in [1.54, 1.807) is 20.0 Å². The molecule has 0 fully saturated rings. The van der Waals surface area contributed by atoms with E-state index in [1.165, 1.54) is 4.57 Å². The third kappa shape index (κ3) is 2.48. The van der Waals surface area contributed by atoms with E-state index in [4.69, 9.17) is 0 Å². The largest absolute Gasteiger partial charge is 0.358 e. The second-order valence-electron chi connectivity index (χ2n) is 3.64. The molecule has 5 nitrogen and oxygen atoms in total. The lowest BCUT2D eigenvalue weighted by Crippen LogP contribution is -1.99. The van der Waals surface area contributed by atoms with Crippen molar-refractivity contribution in [3.63, 3.8) is 0 Å². The molecule has 1 aromatic rings. The lowest BCUT2D eigenvalue weighted by molar-refractivity contribution is -0.392. The molecular weight excluding hydrogens is 206 g/mol. The Kier molecular flexibility index (Phi) is 3.46. The predicted octanol–water partition coefficient (Wildman–Crippen LogP) is 1.95. The number of hydrogen-bond acceptors (Lipinski definition) is 3. The molecule has 0 saturated carbocycles. The minimum absolute atomic E-state index is 0.0628. The van der Waals surface area contributed by atoms with E-state index in [0.29, 0.717) is 5.82 Å². The van der Waals surface area contributed by atoms with Gasteiger partial charge in [-0.25, -0.2) is 4.57 Å². The first kappa shape index (κ1) is 12.0. The number of rotatable bonds is 1. The Balaban J connectivity index is 3.23. The van der Waals surface area contributed by atoms with Crippen LogP contribution in [0.5, 0.6) is 0 Å². The lowest BCUT2D eigenvalue weighted by Gasteiger charge is -1.94. The summed E-state index contributed by atoms with van der Waals surface area (Å²) in [6.45, 7) is 5.53. The molecule has 0 bridgehead atoms. The van der Waals surface area contributed by atoms with Gasteiger partial charge in [0.2, 0.25) is 5.69 Å². The van der Waals surface area contributed by atoms with Gasteiger partial charge in [-0.2, -0.15) is 4.98 Å². The molecule has 0 saturated heterocycles. The second kappa shape index (κ2) is 4.62. The highest BCUT2D eigenvalue weighted by atomic mass is 16.6. The summed E-state index contributed by atoms with van der Waals surface area (Å²) < 4.78 is 1.42. The van der Waals surface area contributed by atoms with Crippen LogP contribution in [0.4, 0.5) is 5.82 Å². The van der Waals surface area contributed by atoms with Crippen LogP contribution in [-0.4, -0.2) is 14.5 Å². The maximum absolute atomic E-state index is 10.8. The number of aryl methyl sites for hydroxylation is 1. The second-order valence-corrected chi connectivity index (χ2v) is 3.64. The summed E-state index contributed by atoms with van der Waals surface area (Å²) in [6.07, 6.45) is 1.70. The highest BCUT2D eigenvalue weighted by molar-refractivity contribution is 5.45. The van der Waals surface area contributed by atoms with Crippen LogP contribution < -0.4 is 0 Å². The van der Waals surface area contributed by atoms with Gasteiger partial charge in [-0.15, -0.1) is 0 Å². The lowest BCUT2D eigenvalue weighted by atomic mass is 10.3. The molecule has 0 amide bonds. The van der Waals surface area contributed by atoms with Crippen LogP contribution in [0.1, 0.15) is 25.4 Å². The number of imidazole rings is 1. The topological polar surface area (TPSA) is 61.0 Å². The van der Waals surface area contributed by atoms with E-state index in [-0.39, 0.29) is 11.5 Å². The van der Waals surface area contributed by atoms with Gasteiger partial charge in [0.15, 0.2) is 5.82 Å². The first-order valence-electron chi connectivity index (χ1n) is 4.76. The summed E-state index contributed by atoms with van der Waals surface area (Å²) in [7, 11) is 1.60. The van der Waals surface area contributed by atoms with Crippen molar-refractivity contribution >= 4 is 5.82 Å². The zero-order valence-electron chi connectivity index (χ0n) is 9.74. The van der Waals surface area contributed by atoms with Crippen molar-refractivity contribution in [1.29, 1.82) is 0 Å². The van der Waals surface area contributed by atoms with Gasteiger partial charge in [-0.1, -0.05) is 11.5 Å². The van der Waals surface area contributed by atoms with Gasteiger partial charge in [0.1, 0.15) is 0 Å². The summed E-state index contributed by atoms with van der Waals surface area (Å²) in [5.41, 5.74) is 1.25. The summed E-state index contributed by atoms with van der Waals surface area (Å²) >= 11 is 0. The Morgan fingerprint density at radius 2 is 2.19 bits per heavy atom. The molecule has 1 rings (SSSR count). The molecular formula is C11H13N3O2. The van der Waals surface area contributed by atoms with E-state index in [1.807, 2.05) is 13.8 Å². The summed E-state index contributed by atoms with van der Waals surface area (Å²) in [6, 6.07) is 0. The van der Waals surface area contributed by atoms with Crippen LogP contribution in [0, 0.1) is 28.9 Å². The summed E-state index contributed by atoms with van der Waals surface area (Å²) in [4.78, 5) is 14.4. The SMILES string of the molecule is CC(C)=CC#Cc1nc(C)n(C)c1[N+](=O)[O-]. The zero-order chi connectivity index (χ0) is 12.3. The molecule has 0 radical (unpaired) electrons. The minimum atomic E-state index is -0.466. The van der Waals surface area contributed by atoms with Gasteiger partial charge in [0.25, 0.3) is 0 Å². The van der Waals surface area contributed by atoms with Gasteiger partial charge in [-0.05, 0) is 30.8 Å². The Bertz CT molecular complexity index is 511. The van der Waals surface area contributed by atoms with Gasteiger partial charge in [0.05, 0.1) is 7.05 Å². The highest BCUT2D eigenvalue weighted by Gasteiger charge is 2.20. The molecule has 84 valence electrons. The molecule has 0 aliphatic rings. The minimum Gasteiger partial charge on any atom is -0.358 e. The van der Waals surface area contributed by atoms with Crippen LogP contribution in [0.25, 0.3) is 0 Å². The van der Waals surface area contributed by atoms with Crippen LogP contribution >= 0.6 is 0 Å². The first-order chi connectivity index (χ1) is 7.43. The van der Waals surface area contributed by atoms with E-state index in [9.17, 15) is 10.1 Å². The van der Waals surface area contributed by atoms with E-state index in [2.05, 4.69) is 16.8 Å². The Hall–Kier alpha value is -2.09. The molecule has 0 aliphatic heterocycles. The molecule has 0 atom stereocenters. The van der Waals surface area contributed by atoms with Crippen LogP contribution in [0.3, 0.4) is 0 Å². The van der Waals surface area contributed by atoms with E-state index >= 15 is 0 Å². The third-order valence-corrected chi connectivity index (χ3v) is 2.01. The smallest absolute Gasteiger partial charge is 0.358 e. The Morgan fingerprint density at radius 1 is 1.56 bits per heavy atom. The van der Waals surface area contributed by atoms with Crippen LogP contribution in [-0.2, 0) is 7.05 Å². The summed E-state index contributed by atoms with van der Waals surface area (Å²) in [5, 5.41) is 10.8. The molecule has 0 spiro atoms. The van der Waals surface area contributed by atoms with E-state index in [0.717, 1.165) is 5.57 Å². The monoisotopic (exact) mass is 219 g/mol. The number of hydrogen-bond donors (Lipinski definition) is 0. The van der Waals surface area contributed by atoms with Gasteiger partial charge >= 0.3 is 5.82 Å². The van der Waals surface area contributed by atoms with E-state index < -0.39 is 4.92 Å². The fourth-order valence-corrected chi connectivity index (χ4v) is 1.14. The van der Waals surface area contributed by atoms with Gasteiger partial charge in [-0.3, -0.25) is 0 Å². The maximum atomic E-state index is 10.8. The number of nitrogens with zero attached hydrogens (tertiary/aromatic N) is 3. The number of aromatic nitrogens is 2. The fraction of sp³-hybridized carbons (Fsp3) is 0.364. The van der Waals surface area contributed by atoms with Crippen molar-refractivity contribution in [1.82, 2.24) is 9.55 Å². The van der Waals surface area contributed by atoms with Gasteiger partial charge < -0.3 is 10.1 Å². The molecule has 1 heterocycles. The predicted molar refractivity (Wildman–Crippen MR) is 60.9 cm³/mol. The Morgan fingerprint density at radius 3 is 2.69 bits per heavy atom. The normalized spacial score (nSPS) is 9.25. The molecule has 16 heavy (non-hydrogen) atoms. The Labute approximate surface area is 94.0 Å². The van der Waals surface area contributed by atoms with Crippen molar-refractivity contribution in [3.05, 3.63) is 33.3 Å². The van der Waals surface area contributed by atoms with Crippen molar-refractivity contribution in [3.8, 4) is 11.8 Å².